The Morgan fingerprint density at radius 3 is 2.56 bits per heavy atom. The fourth-order valence-electron chi connectivity index (χ4n) is 4.68. The molecule has 0 bridgehead atoms. The lowest BCUT2D eigenvalue weighted by Gasteiger charge is -2.29. The first kappa shape index (κ1) is 24.1. The summed E-state index contributed by atoms with van der Waals surface area (Å²) in [5.74, 6) is 0.345. The standard InChI is InChI=1S/C25H24ClN5O4S/c26-21-14-27-24(28-16-7-6-8-17(13-16)29-25(32)33)30-23(21)20-15-31(22-12-5-4-11-19(20)22)36(34,35)18-9-2-1-3-10-18/h1-5,9-12,14-17,29H,6-8,13H2,(H,32,33)(H,27,28,30)/t16-,17?/m1/s1. The summed E-state index contributed by atoms with van der Waals surface area (Å²) in [6.45, 7) is 0. The monoisotopic (exact) mass is 525 g/mol. The zero-order chi connectivity index (χ0) is 25.3. The van der Waals surface area contributed by atoms with Crippen molar-refractivity contribution < 1.29 is 18.3 Å². The molecular formula is C25H24ClN5O4S. The molecule has 1 unspecified atom stereocenters. The quantitative estimate of drug-likeness (QED) is 0.324. The van der Waals surface area contributed by atoms with Crippen molar-refractivity contribution in [3.05, 3.63) is 72.0 Å². The number of hydrogen-bond acceptors (Lipinski definition) is 6. The predicted octanol–water partition coefficient (Wildman–Crippen LogP) is 4.98. The number of rotatable bonds is 6. The van der Waals surface area contributed by atoms with Crippen LogP contribution < -0.4 is 10.6 Å². The first-order valence-electron chi connectivity index (χ1n) is 11.5. The Hall–Kier alpha value is -3.63. The molecule has 36 heavy (non-hydrogen) atoms. The van der Waals surface area contributed by atoms with Gasteiger partial charge in [-0.1, -0.05) is 48.0 Å². The van der Waals surface area contributed by atoms with E-state index in [9.17, 15) is 13.2 Å². The normalized spacial score (nSPS) is 18.1. The van der Waals surface area contributed by atoms with Crippen molar-refractivity contribution in [1.82, 2.24) is 19.3 Å². The molecule has 1 aliphatic carbocycles. The van der Waals surface area contributed by atoms with Crippen molar-refractivity contribution in [3.8, 4) is 11.3 Å². The van der Waals surface area contributed by atoms with Gasteiger partial charge in [-0.3, -0.25) is 0 Å². The van der Waals surface area contributed by atoms with Crippen molar-refractivity contribution in [3.63, 3.8) is 0 Å². The molecule has 5 rings (SSSR count). The smallest absolute Gasteiger partial charge is 0.404 e. The highest BCUT2D eigenvalue weighted by molar-refractivity contribution is 7.90. The van der Waals surface area contributed by atoms with E-state index >= 15 is 0 Å². The van der Waals surface area contributed by atoms with E-state index < -0.39 is 16.1 Å². The molecule has 2 heterocycles. The summed E-state index contributed by atoms with van der Waals surface area (Å²) in [7, 11) is -3.85. The Kier molecular flexibility index (Phi) is 6.55. The van der Waals surface area contributed by atoms with Gasteiger partial charge >= 0.3 is 6.09 Å². The van der Waals surface area contributed by atoms with Crippen LogP contribution in [0.1, 0.15) is 25.7 Å². The molecule has 9 nitrogen and oxygen atoms in total. The van der Waals surface area contributed by atoms with Gasteiger partial charge in [0.15, 0.2) is 0 Å². The molecule has 0 radical (unpaired) electrons. The van der Waals surface area contributed by atoms with Gasteiger partial charge in [0.25, 0.3) is 10.0 Å². The molecule has 1 aliphatic rings. The molecular weight excluding hydrogens is 502 g/mol. The van der Waals surface area contributed by atoms with E-state index in [1.165, 1.54) is 10.2 Å². The van der Waals surface area contributed by atoms with Gasteiger partial charge in [0.05, 0.1) is 27.3 Å². The molecule has 186 valence electrons. The van der Waals surface area contributed by atoms with Crippen molar-refractivity contribution in [2.24, 2.45) is 0 Å². The third-order valence-electron chi connectivity index (χ3n) is 6.31. The minimum atomic E-state index is -3.85. The topological polar surface area (TPSA) is 126 Å². The van der Waals surface area contributed by atoms with E-state index in [4.69, 9.17) is 16.7 Å². The van der Waals surface area contributed by atoms with Gasteiger partial charge in [0, 0.05) is 29.2 Å². The molecule has 1 saturated carbocycles. The summed E-state index contributed by atoms with van der Waals surface area (Å²) in [5, 5.41) is 15.9. The van der Waals surface area contributed by atoms with E-state index in [1.807, 2.05) is 12.1 Å². The predicted molar refractivity (Wildman–Crippen MR) is 138 cm³/mol. The number of amides is 1. The van der Waals surface area contributed by atoms with Crippen LogP contribution in [0.25, 0.3) is 22.2 Å². The highest BCUT2D eigenvalue weighted by atomic mass is 35.5. The number of carbonyl (C=O) groups is 1. The number of anilines is 1. The summed E-state index contributed by atoms with van der Waals surface area (Å²) in [6.07, 6.45) is 5.11. The Labute approximate surface area is 213 Å². The molecule has 2 aromatic heterocycles. The molecule has 2 atom stereocenters. The van der Waals surface area contributed by atoms with Crippen LogP contribution in [0, 0.1) is 0 Å². The molecule has 2 aromatic carbocycles. The SMILES string of the molecule is O=C(O)NC1CCC[C@@H](Nc2ncc(Cl)c(-c3cn(S(=O)(=O)c4ccccc4)c4ccccc34)n2)C1. The van der Waals surface area contributed by atoms with Crippen LogP contribution in [-0.2, 0) is 10.0 Å². The van der Waals surface area contributed by atoms with E-state index in [0.717, 1.165) is 19.3 Å². The Bertz CT molecular complexity index is 1520. The number of para-hydroxylation sites is 1. The van der Waals surface area contributed by atoms with Crippen LogP contribution >= 0.6 is 11.6 Å². The van der Waals surface area contributed by atoms with Crippen molar-refractivity contribution in [1.29, 1.82) is 0 Å². The summed E-state index contributed by atoms with van der Waals surface area (Å²) in [4.78, 5) is 20.2. The van der Waals surface area contributed by atoms with E-state index in [2.05, 4.69) is 20.6 Å². The maximum absolute atomic E-state index is 13.5. The third kappa shape index (κ3) is 4.74. The van der Waals surface area contributed by atoms with Gasteiger partial charge < -0.3 is 15.7 Å². The fourth-order valence-corrected chi connectivity index (χ4v) is 6.26. The van der Waals surface area contributed by atoms with Gasteiger partial charge in [-0.25, -0.2) is 27.2 Å². The van der Waals surface area contributed by atoms with Crippen molar-refractivity contribution in [2.45, 2.75) is 42.7 Å². The number of benzene rings is 2. The average molecular weight is 526 g/mol. The lowest BCUT2D eigenvalue weighted by atomic mass is 9.91. The summed E-state index contributed by atoms with van der Waals surface area (Å²) in [5.41, 5.74) is 1.48. The second kappa shape index (κ2) is 9.79. The fraction of sp³-hybridized carbons (Fsp3) is 0.240. The molecule has 11 heteroatoms. The number of aromatic nitrogens is 3. The first-order valence-corrected chi connectivity index (χ1v) is 13.3. The number of hydrogen-bond donors (Lipinski definition) is 3. The van der Waals surface area contributed by atoms with Gasteiger partial charge in [0.1, 0.15) is 0 Å². The Morgan fingerprint density at radius 2 is 1.78 bits per heavy atom. The van der Waals surface area contributed by atoms with Gasteiger partial charge in [0.2, 0.25) is 5.95 Å². The average Bonchev–Trinajstić information content (AvgIpc) is 3.26. The molecule has 1 fully saturated rings. The number of carboxylic acid groups (broad SMARTS) is 1. The van der Waals surface area contributed by atoms with Crippen molar-refractivity contribution >= 4 is 44.6 Å². The van der Waals surface area contributed by atoms with E-state index in [1.54, 1.807) is 48.7 Å². The zero-order valence-electron chi connectivity index (χ0n) is 19.1. The van der Waals surface area contributed by atoms with Gasteiger partial charge in [-0.05, 0) is 43.9 Å². The Morgan fingerprint density at radius 1 is 1.06 bits per heavy atom. The number of fused-ring (bicyclic) bond motifs is 1. The number of halogens is 1. The van der Waals surface area contributed by atoms with Crippen LogP contribution in [-0.4, -0.2) is 45.6 Å². The third-order valence-corrected chi connectivity index (χ3v) is 8.28. The largest absolute Gasteiger partial charge is 0.465 e. The molecule has 0 saturated heterocycles. The minimum Gasteiger partial charge on any atom is -0.465 e. The summed E-state index contributed by atoms with van der Waals surface area (Å²) >= 11 is 6.51. The lowest BCUT2D eigenvalue weighted by molar-refractivity contribution is 0.185. The molecule has 0 aliphatic heterocycles. The van der Waals surface area contributed by atoms with Crippen LogP contribution in [0.15, 0.2) is 71.9 Å². The van der Waals surface area contributed by atoms with Crippen LogP contribution in [0.5, 0.6) is 0 Å². The van der Waals surface area contributed by atoms with E-state index in [-0.39, 0.29) is 22.0 Å². The highest BCUT2D eigenvalue weighted by Gasteiger charge is 2.26. The summed E-state index contributed by atoms with van der Waals surface area (Å²) < 4.78 is 28.2. The van der Waals surface area contributed by atoms with Crippen LogP contribution in [0.2, 0.25) is 5.02 Å². The number of nitrogens with zero attached hydrogens (tertiary/aromatic N) is 3. The van der Waals surface area contributed by atoms with Gasteiger partial charge in [-0.2, -0.15) is 0 Å². The maximum atomic E-state index is 13.5. The van der Waals surface area contributed by atoms with Crippen molar-refractivity contribution in [2.75, 3.05) is 5.32 Å². The summed E-state index contributed by atoms with van der Waals surface area (Å²) in [6, 6.07) is 15.3. The molecule has 3 N–H and O–H groups in total. The maximum Gasteiger partial charge on any atom is 0.404 e. The van der Waals surface area contributed by atoms with Crippen LogP contribution in [0.4, 0.5) is 10.7 Å². The lowest BCUT2D eigenvalue weighted by Crippen LogP contribution is -2.41. The van der Waals surface area contributed by atoms with E-state index in [0.29, 0.717) is 34.5 Å². The highest BCUT2D eigenvalue weighted by Crippen LogP contribution is 2.36. The molecule has 1 amide bonds. The first-order chi connectivity index (χ1) is 17.3. The zero-order valence-corrected chi connectivity index (χ0v) is 20.7. The number of nitrogens with one attached hydrogen (secondary N) is 2. The van der Waals surface area contributed by atoms with Gasteiger partial charge in [-0.15, -0.1) is 0 Å². The minimum absolute atomic E-state index is 0.00979. The second-order valence-corrected chi connectivity index (χ2v) is 10.9. The second-order valence-electron chi connectivity index (χ2n) is 8.72. The van der Waals surface area contributed by atoms with Crippen LogP contribution in [0.3, 0.4) is 0 Å². The molecule has 0 spiro atoms. The molecule has 4 aromatic rings. The Balaban J connectivity index is 1.52.